The number of nitrogens with two attached hydrogens (primary N) is 1. The third-order valence-corrected chi connectivity index (χ3v) is 2.32. The second kappa shape index (κ2) is 3.48. The molecule has 0 fully saturated rings. The molecule has 0 aliphatic heterocycles. The molecular weight excluding hydrogens is 158 g/mol. The number of allylic oxidation sites excluding steroid dienone is 4. The van der Waals surface area contributed by atoms with Gasteiger partial charge in [-0.15, -0.1) is 0 Å². The minimum Gasteiger partial charge on any atom is -0.399 e. The van der Waals surface area contributed by atoms with Gasteiger partial charge in [-0.2, -0.15) is 0 Å². The van der Waals surface area contributed by atoms with Gasteiger partial charge >= 0.3 is 0 Å². The van der Waals surface area contributed by atoms with E-state index in [0.717, 1.165) is 12.1 Å². The molecule has 1 aliphatic rings. The molecule has 1 aromatic carbocycles. The lowest BCUT2D eigenvalue weighted by atomic mass is 9.92. The Balaban J connectivity index is 2.25. The first-order valence-corrected chi connectivity index (χ1v) is 4.55. The first kappa shape index (κ1) is 8.11. The van der Waals surface area contributed by atoms with Crippen molar-refractivity contribution in [3.05, 3.63) is 54.1 Å². The second-order valence-corrected chi connectivity index (χ2v) is 3.33. The van der Waals surface area contributed by atoms with Crippen LogP contribution in [0.2, 0.25) is 0 Å². The van der Waals surface area contributed by atoms with Crippen molar-refractivity contribution in [1.29, 1.82) is 0 Å². The zero-order valence-corrected chi connectivity index (χ0v) is 7.48. The quantitative estimate of drug-likeness (QED) is 0.646. The van der Waals surface area contributed by atoms with Crippen LogP contribution in [0.1, 0.15) is 17.9 Å². The third kappa shape index (κ3) is 1.81. The molecule has 13 heavy (non-hydrogen) atoms. The first-order chi connectivity index (χ1) is 6.36. The van der Waals surface area contributed by atoms with Gasteiger partial charge in [0.2, 0.25) is 0 Å². The molecular formula is C12H13N. The Labute approximate surface area is 78.6 Å². The maximum absolute atomic E-state index is 5.72. The van der Waals surface area contributed by atoms with Gasteiger partial charge in [-0.1, -0.05) is 36.4 Å². The van der Waals surface area contributed by atoms with E-state index >= 15 is 0 Å². The van der Waals surface area contributed by atoms with E-state index in [1.165, 1.54) is 5.56 Å². The fourth-order valence-electron chi connectivity index (χ4n) is 1.62. The summed E-state index contributed by atoms with van der Waals surface area (Å²) in [4.78, 5) is 0. The van der Waals surface area contributed by atoms with Gasteiger partial charge in [-0.3, -0.25) is 0 Å². The van der Waals surface area contributed by atoms with Crippen LogP contribution in [0.25, 0.3) is 0 Å². The molecule has 2 rings (SSSR count). The summed E-state index contributed by atoms with van der Waals surface area (Å²) in [6.07, 6.45) is 9.67. The zero-order chi connectivity index (χ0) is 9.10. The van der Waals surface area contributed by atoms with Crippen LogP contribution in [0.3, 0.4) is 0 Å². The highest BCUT2D eigenvalue weighted by Gasteiger charge is 2.07. The van der Waals surface area contributed by atoms with Crippen LogP contribution in [0.4, 0.5) is 5.69 Å². The molecule has 66 valence electrons. The van der Waals surface area contributed by atoms with Crippen LogP contribution in [-0.4, -0.2) is 0 Å². The van der Waals surface area contributed by atoms with Crippen LogP contribution in [0.5, 0.6) is 0 Å². The van der Waals surface area contributed by atoms with Crippen LogP contribution >= 0.6 is 0 Å². The Bertz CT molecular complexity index is 350. The molecule has 0 bridgehead atoms. The smallest absolute Gasteiger partial charge is 0.0316 e. The number of anilines is 1. The molecule has 0 saturated carbocycles. The molecule has 0 radical (unpaired) electrons. The van der Waals surface area contributed by atoms with E-state index in [1.807, 2.05) is 18.2 Å². The lowest BCUT2D eigenvalue weighted by molar-refractivity contribution is 0.854. The maximum atomic E-state index is 5.72. The first-order valence-electron chi connectivity index (χ1n) is 4.55. The molecule has 0 saturated heterocycles. The van der Waals surface area contributed by atoms with Crippen LogP contribution < -0.4 is 5.73 Å². The van der Waals surface area contributed by atoms with Gasteiger partial charge in [-0.25, -0.2) is 0 Å². The van der Waals surface area contributed by atoms with Gasteiger partial charge in [0.15, 0.2) is 0 Å². The topological polar surface area (TPSA) is 26.0 Å². The van der Waals surface area contributed by atoms with Crippen molar-refractivity contribution in [2.75, 3.05) is 5.73 Å². The largest absolute Gasteiger partial charge is 0.399 e. The monoisotopic (exact) mass is 171 g/mol. The average molecular weight is 171 g/mol. The second-order valence-electron chi connectivity index (χ2n) is 3.33. The predicted octanol–water partition coefficient (Wildman–Crippen LogP) is 2.87. The van der Waals surface area contributed by atoms with Gasteiger partial charge in [0.25, 0.3) is 0 Å². The summed E-state index contributed by atoms with van der Waals surface area (Å²) in [5, 5.41) is 0. The molecule has 1 unspecified atom stereocenters. The van der Waals surface area contributed by atoms with Crippen LogP contribution in [0.15, 0.2) is 48.6 Å². The summed E-state index contributed by atoms with van der Waals surface area (Å²) in [6.45, 7) is 0. The summed E-state index contributed by atoms with van der Waals surface area (Å²) in [7, 11) is 0. The highest BCUT2D eigenvalue weighted by Crippen LogP contribution is 2.25. The summed E-state index contributed by atoms with van der Waals surface area (Å²) < 4.78 is 0. The highest BCUT2D eigenvalue weighted by molar-refractivity contribution is 5.43. The van der Waals surface area contributed by atoms with Gasteiger partial charge in [-0.05, 0) is 24.1 Å². The van der Waals surface area contributed by atoms with Crippen molar-refractivity contribution in [3.63, 3.8) is 0 Å². The van der Waals surface area contributed by atoms with E-state index in [9.17, 15) is 0 Å². The zero-order valence-electron chi connectivity index (χ0n) is 7.48. The standard InChI is InChI=1S/C12H13N/c13-12-8-4-7-11(9-12)10-5-2-1-3-6-10/h1-5,7-10H,6,13H2. The van der Waals surface area contributed by atoms with E-state index in [0.29, 0.717) is 5.92 Å². The minimum atomic E-state index is 0.508. The molecule has 0 heterocycles. The Morgan fingerprint density at radius 1 is 1.23 bits per heavy atom. The van der Waals surface area contributed by atoms with Crippen molar-refractivity contribution in [2.24, 2.45) is 0 Å². The van der Waals surface area contributed by atoms with Crippen molar-refractivity contribution < 1.29 is 0 Å². The molecule has 1 heteroatoms. The summed E-state index contributed by atoms with van der Waals surface area (Å²) in [5.74, 6) is 0.508. The number of hydrogen-bond donors (Lipinski definition) is 1. The average Bonchev–Trinajstić information content (AvgIpc) is 2.19. The van der Waals surface area contributed by atoms with E-state index < -0.39 is 0 Å². The molecule has 1 atom stereocenters. The summed E-state index contributed by atoms with van der Waals surface area (Å²) in [6, 6.07) is 8.11. The lowest BCUT2D eigenvalue weighted by Gasteiger charge is -2.13. The fraction of sp³-hybridized carbons (Fsp3) is 0.167. The van der Waals surface area contributed by atoms with Crippen molar-refractivity contribution in [2.45, 2.75) is 12.3 Å². The predicted molar refractivity (Wildman–Crippen MR) is 56.5 cm³/mol. The van der Waals surface area contributed by atoms with E-state index in [-0.39, 0.29) is 0 Å². The number of hydrogen-bond acceptors (Lipinski definition) is 1. The van der Waals surface area contributed by atoms with E-state index in [4.69, 9.17) is 5.73 Å². The van der Waals surface area contributed by atoms with Crippen LogP contribution in [0, 0.1) is 0 Å². The number of nitrogen functional groups attached to an aromatic ring is 1. The fourth-order valence-corrected chi connectivity index (χ4v) is 1.62. The number of rotatable bonds is 1. The highest BCUT2D eigenvalue weighted by atomic mass is 14.5. The normalized spacial score (nSPS) is 20.5. The van der Waals surface area contributed by atoms with Crippen molar-refractivity contribution in [3.8, 4) is 0 Å². The molecule has 1 nitrogen and oxygen atoms in total. The third-order valence-electron chi connectivity index (χ3n) is 2.32. The molecule has 1 aliphatic carbocycles. The van der Waals surface area contributed by atoms with Gasteiger partial charge < -0.3 is 5.73 Å². The van der Waals surface area contributed by atoms with Gasteiger partial charge in [0.1, 0.15) is 0 Å². The minimum absolute atomic E-state index is 0.508. The molecule has 2 N–H and O–H groups in total. The Kier molecular flexibility index (Phi) is 2.17. The maximum Gasteiger partial charge on any atom is 0.0316 e. The lowest BCUT2D eigenvalue weighted by Crippen LogP contribution is -1.97. The van der Waals surface area contributed by atoms with E-state index in [1.54, 1.807) is 0 Å². The van der Waals surface area contributed by atoms with Crippen molar-refractivity contribution >= 4 is 5.69 Å². The number of benzene rings is 1. The molecule has 0 aromatic heterocycles. The Hall–Kier alpha value is -1.50. The SMILES string of the molecule is Nc1cccc(C2C=CC=CC2)c1. The van der Waals surface area contributed by atoms with Gasteiger partial charge in [0.05, 0.1) is 0 Å². The molecule has 1 aromatic rings. The van der Waals surface area contributed by atoms with Crippen molar-refractivity contribution in [1.82, 2.24) is 0 Å². The Morgan fingerprint density at radius 3 is 2.85 bits per heavy atom. The molecule has 0 spiro atoms. The van der Waals surface area contributed by atoms with Crippen LogP contribution in [-0.2, 0) is 0 Å². The van der Waals surface area contributed by atoms with E-state index in [2.05, 4.69) is 30.4 Å². The summed E-state index contributed by atoms with van der Waals surface area (Å²) >= 11 is 0. The summed E-state index contributed by atoms with van der Waals surface area (Å²) in [5.41, 5.74) is 7.88. The molecule has 0 amide bonds. The van der Waals surface area contributed by atoms with Gasteiger partial charge in [0, 0.05) is 11.6 Å². The Morgan fingerprint density at radius 2 is 2.15 bits per heavy atom.